The lowest BCUT2D eigenvalue weighted by Crippen LogP contribution is -2.47. The molecule has 1 aromatic carbocycles. The number of hydrogen-bond donors (Lipinski definition) is 1. The maximum absolute atomic E-state index is 14.0. The van der Waals surface area contributed by atoms with Crippen LogP contribution in [-0.2, 0) is 29.5 Å². The fraction of sp³-hybridized carbons (Fsp3) is 0.571. The third kappa shape index (κ3) is 5.61. The van der Waals surface area contributed by atoms with E-state index in [1.54, 1.807) is 24.8 Å². The molecule has 2 fully saturated rings. The summed E-state index contributed by atoms with van der Waals surface area (Å²) in [7, 11) is 3.51. The highest BCUT2D eigenvalue weighted by Gasteiger charge is 2.40. The number of nitrogens with zero attached hydrogens (tertiary/aromatic N) is 2. The minimum atomic E-state index is -0.146. The van der Waals surface area contributed by atoms with Gasteiger partial charge < -0.3 is 19.5 Å². The van der Waals surface area contributed by atoms with Crippen LogP contribution in [0.3, 0.4) is 0 Å². The molecule has 1 aliphatic heterocycles. The fourth-order valence-corrected chi connectivity index (χ4v) is 5.22. The van der Waals surface area contributed by atoms with Crippen LogP contribution in [0, 0.1) is 19.8 Å². The van der Waals surface area contributed by atoms with Gasteiger partial charge >= 0.3 is 0 Å². The lowest BCUT2D eigenvalue weighted by atomic mass is 9.80. The van der Waals surface area contributed by atoms with Gasteiger partial charge in [-0.15, -0.1) is 0 Å². The first kappa shape index (κ1) is 24.7. The summed E-state index contributed by atoms with van der Waals surface area (Å²) in [6, 6.07) is 8.62. The molecule has 1 amide bonds. The summed E-state index contributed by atoms with van der Waals surface area (Å²) in [6.45, 7) is 7.29. The molecule has 1 aromatic heterocycles. The van der Waals surface area contributed by atoms with Crippen LogP contribution in [0.5, 0.6) is 0 Å². The number of nitrogens with one attached hydrogen (secondary N) is 1. The topological polar surface area (TPSA) is 63.6 Å². The van der Waals surface area contributed by atoms with Crippen molar-refractivity contribution in [1.29, 1.82) is 0 Å². The van der Waals surface area contributed by atoms with Crippen LogP contribution >= 0.6 is 0 Å². The van der Waals surface area contributed by atoms with E-state index in [1.165, 1.54) is 22.3 Å². The molecule has 2 heterocycles. The summed E-state index contributed by atoms with van der Waals surface area (Å²) in [5, 5.41) is 3.44. The zero-order chi connectivity index (χ0) is 24.2. The van der Waals surface area contributed by atoms with Crippen molar-refractivity contribution in [2.75, 3.05) is 26.8 Å². The van der Waals surface area contributed by atoms with E-state index < -0.39 is 0 Å². The molecule has 34 heavy (non-hydrogen) atoms. The molecule has 1 N–H and O–H groups in total. The smallest absolute Gasteiger partial charge is 0.250 e. The van der Waals surface area contributed by atoms with Crippen molar-refractivity contribution < 1.29 is 9.53 Å². The quantitative estimate of drug-likeness (QED) is 0.576. The molecule has 4 rings (SSSR count). The van der Waals surface area contributed by atoms with Gasteiger partial charge in [0.05, 0.1) is 5.92 Å². The minimum Gasteiger partial charge on any atom is -0.385 e. The number of hydrogen-bond acceptors (Lipinski definition) is 4. The first-order chi connectivity index (χ1) is 16.4. The summed E-state index contributed by atoms with van der Waals surface area (Å²) in [4.78, 5) is 28.4. The highest BCUT2D eigenvalue weighted by Crippen LogP contribution is 2.36. The van der Waals surface area contributed by atoms with Crippen molar-refractivity contribution in [2.45, 2.75) is 64.5 Å². The lowest BCUT2D eigenvalue weighted by Gasteiger charge is -2.36. The normalized spacial score (nSPS) is 20.4. The highest BCUT2D eigenvalue weighted by molar-refractivity contribution is 5.81. The van der Waals surface area contributed by atoms with E-state index in [9.17, 15) is 9.59 Å². The summed E-state index contributed by atoms with van der Waals surface area (Å²) in [6.07, 6.45) is 6.82. The summed E-state index contributed by atoms with van der Waals surface area (Å²) >= 11 is 0. The van der Waals surface area contributed by atoms with Gasteiger partial charge in [0.1, 0.15) is 0 Å². The number of carbonyl (C=O) groups is 1. The molecule has 184 valence electrons. The number of benzene rings is 1. The second-order valence-corrected chi connectivity index (χ2v) is 10.1. The Labute approximate surface area is 203 Å². The SMILES string of the molecule is COCCCc1cc(C)c(C)c(CN(C(=O)[C@H]2CNCC[C@@H]2c2ccn(C)c(=O)c2)C2CC2)c1. The summed E-state index contributed by atoms with van der Waals surface area (Å²) in [5.74, 6) is 0.155. The number of rotatable bonds is 9. The molecule has 6 nitrogen and oxygen atoms in total. The molecule has 1 saturated heterocycles. The van der Waals surface area contributed by atoms with Gasteiger partial charge in [0.15, 0.2) is 0 Å². The van der Waals surface area contributed by atoms with E-state index in [-0.39, 0.29) is 23.3 Å². The second kappa shape index (κ2) is 10.9. The monoisotopic (exact) mass is 465 g/mol. The Kier molecular flexibility index (Phi) is 7.89. The first-order valence-electron chi connectivity index (χ1n) is 12.6. The second-order valence-electron chi connectivity index (χ2n) is 10.1. The van der Waals surface area contributed by atoms with E-state index >= 15 is 0 Å². The number of aryl methyl sites for hydroxylation is 3. The number of amides is 1. The highest BCUT2D eigenvalue weighted by atomic mass is 16.5. The molecule has 2 aromatic rings. The van der Waals surface area contributed by atoms with Crippen molar-refractivity contribution in [2.24, 2.45) is 13.0 Å². The van der Waals surface area contributed by atoms with Crippen LogP contribution in [0.4, 0.5) is 0 Å². The number of aromatic nitrogens is 1. The van der Waals surface area contributed by atoms with Crippen LogP contribution in [0.15, 0.2) is 35.3 Å². The van der Waals surface area contributed by atoms with E-state index in [0.717, 1.165) is 50.8 Å². The van der Waals surface area contributed by atoms with Gasteiger partial charge in [-0.2, -0.15) is 0 Å². The van der Waals surface area contributed by atoms with Crippen molar-refractivity contribution in [3.8, 4) is 0 Å². The molecule has 6 heteroatoms. The largest absolute Gasteiger partial charge is 0.385 e. The van der Waals surface area contributed by atoms with Crippen molar-refractivity contribution >= 4 is 5.91 Å². The predicted octanol–water partition coefficient (Wildman–Crippen LogP) is 3.47. The summed E-state index contributed by atoms with van der Waals surface area (Å²) in [5.41, 5.74) is 6.10. The van der Waals surface area contributed by atoms with Crippen LogP contribution < -0.4 is 10.9 Å². The van der Waals surface area contributed by atoms with Crippen LogP contribution in [0.25, 0.3) is 0 Å². The van der Waals surface area contributed by atoms with E-state index in [4.69, 9.17) is 4.74 Å². The van der Waals surface area contributed by atoms with Gasteiger partial charge in [-0.1, -0.05) is 12.1 Å². The number of pyridine rings is 1. The van der Waals surface area contributed by atoms with Crippen LogP contribution in [0.1, 0.15) is 59.4 Å². The maximum Gasteiger partial charge on any atom is 0.250 e. The van der Waals surface area contributed by atoms with Gasteiger partial charge in [-0.3, -0.25) is 9.59 Å². The molecular formula is C28H39N3O3. The van der Waals surface area contributed by atoms with E-state index in [0.29, 0.717) is 19.1 Å². The Balaban J connectivity index is 1.58. The molecular weight excluding hydrogens is 426 g/mol. The first-order valence-corrected chi connectivity index (χ1v) is 12.6. The molecule has 0 spiro atoms. The van der Waals surface area contributed by atoms with Crippen LogP contribution in [-0.4, -0.2) is 48.2 Å². The Morgan fingerprint density at radius 1 is 1.21 bits per heavy atom. The zero-order valence-corrected chi connectivity index (χ0v) is 21.1. The molecule has 0 bridgehead atoms. The van der Waals surface area contributed by atoms with Crippen molar-refractivity contribution in [3.05, 3.63) is 68.6 Å². The zero-order valence-electron chi connectivity index (χ0n) is 21.1. The number of ether oxygens (including phenoxy) is 1. The number of piperidine rings is 1. The Bertz CT molecular complexity index is 1070. The van der Waals surface area contributed by atoms with Gasteiger partial charge in [0, 0.05) is 52.2 Å². The number of methoxy groups -OCH3 is 1. The predicted molar refractivity (Wildman–Crippen MR) is 135 cm³/mol. The lowest BCUT2D eigenvalue weighted by molar-refractivity contribution is -0.138. The standard InChI is InChI=1S/C28H39N3O3/c1-19-14-21(6-5-13-34-4)15-23(20(19)2)18-31(24-7-8-24)28(33)26-17-29-11-9-25(26)22-10-12-30(3)27(32)16-22/h10,12,14-16,24-26,29H,5-9,11,13,17-18H2,1-4H3/t25-,26+/m1/s1. The third-order valence-electron chi connectivity index (χ3n) is 7.62. The van der Waals surface area contributed by atoms with Gasteiger partial charge in [0.25, 0.3) is 5.56 Å². The summed E-state index contributed by atoms with van der Waals surface area (Å²) < 4.78 is 6.82. The molecule has 2 aliphatic rings. The Hall–Kier alpha value is -2.44. The number of carbonyl (C=O) groups excluding carboxylic acids is 1. The van der Waals surface area contributed by atoms with Gasteiger partial charge in [-0.05, 0) is 92.3 Å². The molecule has 0 radical (unpaired) electrons. The Morgan fingerprint density at radius 3 is 2.71 bits per heavy atom. The van der Waals surface area contributed by atoms with E-state index in [2.05, 4.69) is 36.2 Å². The minimum absolute atomic E-state index is 0.0160. The molecule has 1 aliphatic carbocycles. The third-order valence-corrected chi connectivity index (χ3v) is 7.62. The average molecular weight is 466 g/mol. The molecule has 0 unspecified atom stereocenters. The molecule has 2 atom stereocenters. The Morgan fingerprint density at radius 2 is 2.00 bits per heavy atom. The van der Waals surface area contributed by atoms with Gasteiger partial charge in [-0.25, -0.2) is 0 Å². The van der Waals surface area contributed by atoms with E-state index in [1.807, 2.05) is 12.3 Å². The van der Waals surface area contributed by atoms with Crippen molar-refractivity contribution in [3.63, 3.8) is 0 Å². The molecule has 1 saturated carbocycles. The van der Waals surface area contributed by atoms with Crippen molar-refractivity contribution in [1.82, 2.24) is 14.8 Å². The maximum atomic E-state index is 14.0. The van der Waals surface area contributed by atoms with Gasteiger partial charge in [0.2, 0.25) is 5.91 Å². The fourth-order valence-electron chi connectivity index (χ4n) is 5.22. The van der Waals surface area contributed by atoms with Crippen LogP contribution in [0.2, 0.25) is 0 Å². The average Bonchev–Trinajstić information content (AvgIpc) is 3.67.